The lowest BCUT2D eigenvalue weighted by Gasteiger charge is -2.09. The molecule has 1 aliphatic rings. The van der Waals surface area contributed by atoms with Crippen LogP contribution in [0.1, 0.15) is 48.9 Å². The molecule has 1 unspecified atom stereocenters. The maximum Gasteiger partial charge on any atom is 0.344 e. The molecule has 0 bridgehead atoms. The summed E-state index contributed by atoms with van der Waals surface area (Å²) < 4.78 is 10.3. The summed E-state index contributed by atoms with van der Waals surface area (Å²) in [5, 5.41) is 17.2. The summed E-state index contributed by atoms with van der Waals surface area (Å²) in [7, 11) is 0. The average Bonchev–Trinajstić information content (AvgIpc) is 3.04. The highest BCUT2D eigenvalue weighted by Gasteiger charge is 2.33. The van der Waals surface area contributed by atoms with Crippen molar-refractivity contribution >= 4 is 11.6 Å². The Morgan fingerprint density at radius 3 is 2.90 bits per heavy atom. The summed E-state index contributed by atoms with van der Waals surface area (Å²) in [6.07, 6.45) is 1.80. The Labute approximate surface area is 115 Å². The van der Waals surface area contributed by atoms with E-state index in [4.69, 9.17) is 9.26 Å². The minimum Gasteiger partial charge on any atom is -0.376 e. The number of carbonyl (C=O) groups excluding carboxylic acids is 1. The third-order valence-corrected chi connectivity index (χ3v) is 3.13. The number of aromatic nitrogens is 1. The van der Waals surface area contributed by atoms with E-state index in [0.29, 0.717) is 13.2 Å². The molecule has 0 spiro atoms. The van der Waals surface area contributed by atoms with Gasteiger partial charge in [-0.2, -0.15) is 0 Å². The van der Waals surface area contributed by atoms with Gasteiger partial charge in [0.25, 0.3) is 5.91 Å². The van der Waals surface area contributed by atoms with Gasteiger partial charge in [0.15, 0.2) is 0 Å². The van der Waals surface area contributed by atoms with Crippen LogP contribution < -0.4 is 5.32 Å². The predicted octanol–water partition coefficient (Wildman–Crippen LogP) is 1.61. The van der Waals surface area contributed by atoms with Gasteiger partial charge < -0.3 is 14.6 Å². The molecule has 2 heterocycles. The zero-order valence-electron chi connectivity index (χ0n) is 11.4. The number of ether oxygens (including phenoxy) is 1. The van der Waals surface area contributed by atoms with Crippen molar-refractivity contribution in [1.29, 1.82) is 0 Å². The van der Waals surface area contributed by atoms with Gasteiger partial charge in [-0.05, 0) is 12.8 Å². The molecule has 1 amide bonds. The summed E-state index contributed by atoms with van der Waals surface area (Å²) in [5.41, 5.74) is -0.637. The Kier molecular flexibility index (Phi) is 4.33. The lowest BCUT2D eigenvalue weighted by atomic mass is 10.1. The summed E-state index contributed by atoms with van der Waals surface area (Å²) in [4.78, 5) is 22.4. The van der Waals surface area contributed by atoms with E-state index in [0.717, 1.165) is 12.8 Å². The van der Waals surface area contributed by atoms with Crippen molar-refractivity contribution in [3.05, 3.63) is 21.6 Å². The van der Waals surface area contributed by atoms with E-state index < -0.39 is 10.8 Å². The Bertz CT molecular complexity index is 505. The molecular formula is C12H17N3O5. The average molecular weight is 283 g/mol. The van der Waals surface area contributed by atoms with Gasteiger partial charge in [0.05, 0.1) is 11.0 Å². The zero-order valence-corrected chi connectivity index (χ0v) is 11.4. The molecule has 8 heteroatoms. The van der Waals surface area contributed by atoms with Gasteiger partial charge in [-0.25, -0.2) is 0 Å². The van der Waals surface area contributed by atoms with Crippen LogP contribution in [0.15, 0.2) is 4.52 Å². The first-order chi connectivity index (χ1) is 9.50. The van der Waals surface area contributed by atoms with Gasteiger partial charge in [-0.15, -0.1) is 0 Å². The number of hydrogen-bond donors (Lipinski definition) is 1. The number of carbonyl (C=O) groups is 1. The van der Waals surface area contributed by atoms with Crippen molar-refractivity contribution < 1.29 is 19.0 Å². The van der Waals surface area contributed by atoms with Crippen LogP contribution in [0.4, 0.5) is 5.69 Å². The fourth-order valence-corrected chi connectivity index (χ4v) is 2.10. The van der Waals surface area contributed by atoms with Crippen molar-refractivity contribution in [1.82, 2.24) is 10.5 Å². The summed E-state index contributed by atoms with van der Waals surface area (Å²) in [6, 6.07) is 0. The molecule has 0 saturated carbocycles. The molecular weight excluding hydrogens is 266 g/mol. The monoisotopic (exact) mass is 283 g/mol. The quantitative estimate of drug-likeness (QED) is 0.649. The largest absolute Gasteiger partial charge is 0.376 e. The number of hydrogen-bond acceptors (Lipinski definition) is 6. The summed E-state index contributed by atoms with van der Waals surface area (Å²) in [5.74, 6) is -0.720. The molecule has 1 N–H and O–H groups in total. The van der Waals surface area contributed by atoms with Crippen LogP contribution in [-0.4, -0.2) is 35.2 Å². The SMILES string of the molecule is CC(C)c1onc(C(=O)NCC2CCCO2)c1[N+](=O)[O-]. The van der Waals surface area contributed by atoms with Crippen LogP contribution in [0.3, 0.4) is 0 Å². The second kappa shape index (κ2) is 6.00. The van der Waals surface area contributed by atoms with Crippen LogP contribution in [0, 0.1) is 10.1 Å². The van der Waals surface area contributed by atoms with E-state index in [2.05, 4.69) is 10.5 Å². The molecule has 1 fully saturated rings. The molecule has 0 radical (unpaired) electrons. The predicted molar refractivity (Wildman–Crippen MR) is 68.6 cm³/mol. The Morgan fingerprint density at radius 2 is 2.35 bits per heavy atom. The number of nitro groups is 1. The van der Waals surface area contributed by atoms with Crippen LogP contribution in [-0.2, 0) is 4.74 Å². The third kappa shape index (κ3) is 2.96. The molecule has 1 atom stereocenters. The second-order valence-electron chi connectivity index (χ2n) is 5.00. The lowest BCUT2D eigenvalue weighted by molar-refractivity contribution is -0.386. The van der Waals surface area contributed by atoms with Crippen LogP contribution >= 0.6 is 0 Å². The van der Waals surface area contributed by atoms with Gasteiger partial charge in [0, 0.05) is 19.1 Å². The van der Waals surface area contributed by atoms with E-state index in [-0.39, 0.29) is 29.2 Å². The van der Waals surface area contributed by atoms with Crippen LogP contribution in [0.2, 0.25) is 0 Å². The van der Waals surface area contributed by atoms with E-state index >= 15 is 0 Å². The van der Waals surface area contributed by atoms with Crippen molar-refractivity contribution in [3.63, 3.8) is 0 Å². The first-order valence-electron chi connectivity index (χ1n) is 6.54. The summed E-state index contributed by atoms with van der Waals surface area (Å²) in [6.45, 7) is 4.48. The zero-order chi connectivity index (χ0) is 14.7. The van der Waals surface area contributed by atoms with Crippen molar-refractivity contribution in [2.45, 2.75) is 38.7 Å². The smallest absolute Gasteiger partial charge is 0.344 e. The molecule has 1 aromatic rings. The first-order valence-corrected chi connectivity index (χ1v) is 6.54. The van der Waals surface area contributed by atoms with E-state index in [9.17, 15) is 14.9 Å². The fourth-order valence-electron chi connectivity index (χ4n) is 2.10. The molecule has 0 aromatic carbocycles. The molecule has 1 saturated heterocycles. The Morgan fingerprint density at radius 1 is 1.60 bits per heavy atom. The molecule has 0 aliphatic carbocycles. The molecule has 1 aliphatic heterocycles. The molecule has 8 nitrogen and oxygen atoms in total. The maximum absolute atomic E-state index is 12.0. The molecule has 1 aromatic heterocycles. The minimum atomic E-state index is -0.632. The Balaban J connectivity index is 2.10. The standard InChI is InChI=1S/C12H17N3O5/c1-7(2)11-10(15(17)18)9(14-20-11)12(16)13-6-8-4-3-5-19-8/h7-8H,3-6H2,1-2H3,(H,13,16). The van der Waals surface area contributed by atoms with Crippen LogP contribution in [0.25, 0.3) is 0 Å². The highest BCUT2D eigenvalue weighted by Crippen LogP contribution is 2.29. The Hall–Kier alpha value is -1.96. The molecule has 20 heavy (non-hydrogen) atoms. The van der Waals surface area contributed by atoms with Crippen molar-refractivity contribution in [2.75, 3.05) is 13.2 Å². The van der Waals surface area contributed by atoms with Gasteiger partial charge in [-0.3, -0.25) is 14.9 Å². The maximum atomic E-state index is 12.0. The van der Waals surface area contributed by atoms with Gasteiger partial charge in [0.2, 0.25) is 11.5 Å². The van der Waals surface area contributed by atoms with Crippen LogP contribution in [0.5, 0.6) is 0 Å². The van der Waals surface area contributed by atoms with Gasteiger partial charge in [-0.1, -0.05) is 19.0 Å². The normalized spacial score (nSPS) is 18.4. The lowest BCUT2D eigenvalue weighted by Crippen LogP contribution is -2.32. The van der Waals surface area contributed by atoms with E-state index in [1.807, 2.05) is 0 Å². The number of amides is 1. The highest BCUT2D eigenvalue weighted by molar-refractivity contribution is 5.96. The summed E-state index contributed by atoms with van der Waals surface area (Å²) >= 11 is 0. The first kappa shape index (κ1) is 14.4. The topological polar surface area (TPSA) is 108 Å². The minimum absolute atomic E-state index is 0.0329. The number of nitrogens with one attached hydrogen (secondary N) is 1. The molecule has 110 valence electrons. The second-order valence-corrected chi connectivity index (χ2v) is 5.00. The highest BCUT2D eigenvalue weighted by atomic mass is 16.6. The third-order valence-electron chi connectivity index (χ3n) is 3.13. The number of rotatable bonds is 5. The molecule has 2 rings (SSSR count). The van der Waals surface area contributed by atoms with E-state index in [1.54, 1.807) is 13.8 Å². The fraction of sp³-hybridized carbons (Fsp3) is 0.667. The van der Waals surface area contributed by atoms with E-state index in [1.165, 1.54) is 0 Å². The number of nitrogens with zero attached hydrogens (tertiary/aromatic N) is 2. The van der Waals surface area contributed by atoms with Gasteiger partial charge in [0.1, 0.15) is 0 Å². The van der Waals surface area contributed by atoms with Crippen molar-refractivity contribution in [2.24, 2.45) is 0 Å². The van der Waals surface area contributed by atoms with Crippen molar-refractivity contribution in [3.8, 4) is 0 Å². The van der Waals surface area contributed by atoms with Gasteiger partial charge >= 0.3 is 5.69 Å².